The molecule has 1 N–H and O–H groups in total. The fourth-order valence-corrected chi connectivity index (χ4v) is 4.00. The van der Waals surface area contributed by atoms with Crippen LogP contribution in [0, 0.1) is 12.7 Å². The number of piperazine rings is 1. The van der Waals surface area contributed by atoms with E-state index in [9.17, 15) is 9.18 Å². The van der Waals surface area contributed by atoms with E-state index >= 15 is 0 Å². The van der Waals surface area contributed by atoms with Crippen molar-refractivity contribution in [2.75, 3.05) is 33.2 Å². The number of fused-ring (bicyclic) bond motifs is 1. The monoisotopic (exact) mass is 409 g/mol. The van der Waals surface area contributed by atoms with Crippen LogP contribution in [0.25, 0.3) is 11.0 Å². The second-order valence-electron chi connectivity index (χ2n) is 8.20. The molecule has 1 aliphatic rings. The Bertz CT molecular complexity index is 1040. The Labute approximate surface area is 176 Å². The first-order valence-electron chi connectivity index (χ1n) is 10.4. The summed E-state index contributed by atoms with van der Waals surface area (Å²) in [5.74, 6) is 0.196. The van der Waals surface area contributed by atoms with Crippen molar-refractivity contribution >= 4 is 16.9 Å². The summed E-state index contributed by atoms with van der Waals surface area (Å²) in [5, 5.41) is 3.73. The van der Waals surface area contributed by atoms with Crippen LogP contribution in [-0.4, -0.2) is 48.9 Å². The van der Waals surface area contributed by atoms with E-state index in [1.807, 2.05) is 38.1 Å². The molecule has 0 aliphatic carbocycles. The Kier molecular flexibility index (Phi) is 5.88. The van der Waals surface area contributed by atoms with Gasteiger partial charge < -0.3 is 14.6 Å². The van der Waals surface area contributed by atoms with Gasteiger partial charge in [0.15, 0.2) is 0 Å². The predicted octanol–water partition coefficient (Wildman–Crippen LogP) is 4.12. The number of halogens is 1. The highest BCUT2D eigenvalue weighted by molar-refractivity contribution is 5.94. The minimum Gasteiger partial charge on any atom is -0.459 e. The molecule has 1 fully saturated rings. The standard InChI is InChI=1S/C24H28FN3O2/c1-16-21-14-20(25)8-9-22(21)30-23(16)17(2)26-24(29)19-6-4-18(5-7-19)15-28-12-10-27(3)11-13-28/h4-9,14,17H,10-13,15H2,1-3H3,(H,26,29). The van der Waals surface area contributed by atoms with E-state index in [0.29, 0.717) is 16.9 Å². The molecule has 158 valence electrons. The van der Waals surface area contributed by atoms with Gasteiger partial charge in [-0.25, -0.2) is 4.39 Å². The lowest BCUT2D eigenvalue weighted by Crippen LogP contribution is -2.43. The van der Waals surface area contributed by atoms with Crippen LogP contribution in [0.5, 0.6) is 0 Å². The summed E-state index contributed by atoms with van der Waals surface area (Å²) in [4.78, 5) is 17.5. The SMILES string of the molecule is Cc1c(C(C)NC(=O)c2ccc(CN3CCN(C)CC3)cc2)oc2ccc(F)cc12. The molecule has 2 aromatic carbocycles. The molecule has 1 unspecified atom stereocenters. The van der Waals surface area contributed by atoms with Crippen molar-refractivity contribution in [2.45, 2.75) is 26.4 Å². The molecule has 0 saturated carbocycles. The average Bonchev–Trinajstić information content (AvgIpc) is 3.06. The highest BCUT2D eigenvalue weighted by Crippen LogP contribution is 2.30. The molecule has 0 radical (unpaired) electrons. The molecule has 1 saturated heterocycles. The Morgan fingerprint density at radius 2 is 1.83 bits per heavy atom. The molecule has 3 aromatic rings. The molecule has 6 heteroatoms. The zero-order chi connectivity index (χ0) is 21.3. The molecule has 2 heterocycles. The molecule has 30 heavy (non-hydrogen) atoms. The number of hydrogen-bond donors (Lipinski definition) is 1. The fourth-order valence-electron chi connectivity index (χ4n) is 4.00. The number of nitrogens with one attached hydrogen (secondary N) is 1. The number of rotatable bonds is 5. The first-order chi connectivity index (χ1) is 14.4. The summed E-state index contributed by atoms with van der Waals surface area (Å²) >= 11 is 0. The molecular formula is C24H28FN3O2. The molecule has 1 aromatic heterocycles. The topological polar surface area (TPSA) is 48.7 Å². The predicted molar refractivity (Wildman–Crippen MR) is 116 cm³/mol. The van der Waals surface area contributed by atoms with Gasteiger partial charge in [-0.2, -0.15) is 0 Å². The fraction of sp³-hybridized carbons (Fsp3) is 0.375. The maximum atomic E-state index is 13.5. The molecule has 1 atom stereocenters. The van der Waals surface area contributed by atoms with Crippen LogP contribution in [0.1, 0.15) is 40.2 Å². The van der Waals surface area contributed by atoms with Crippen LogP contribution >= 0.6 is 0 Å². The summed E-state index contributed by atoms with van der Waals surface area (Å²) in [6, 6.07) is 11.9. The maximum absolute atomic E-state index is 13.5. The smallest absolute Gasteiger partial charge is 0.251 e. The van der Waals surface area contributed by atoms with Crippen LogP contribution in [0.15, 0.2) is 46.9 Å². The van der Waals surface area contributed by atoms with E-state index in [2.05, 4.69) is 22.2 Å². The zero-order valence-electron chi connectivity index (χ0n) is 17.7. The molecule has 1 aliphatic heterocycles. The van der Waals surface area contributed by atoms with Gasteiger partial charge in [-0.15, -0.1) is 0 Å². The number of aryl methyl sites for hydroxylation is 1. The maximum Gasteiger partial charge on any atom is 0.251 e. The highest BCUT2D eigenvalue weighted by Gasteiger charge is 2.20. The average molecular weight is 410 g/mol. The van der Waals surface area contributed by atoms with E-state index in [1.165, 1.54) is 17.7 Å². The lowest BCUT2D eigenvalue weighted by atomic mass is 10.1. The third-order valence-corrected chi connectivity index (χ3v) is 5.89. The van der Waals surface area contributed by atoms with Gasteiger partial charge in [0.25, 0.3) is 5.91 Å². The Balaban J connectivity index is 1.40. The number of benzene rings is 2. The van der Waals surface area contributed by atoms with Crippen molar-refractivity contribution in [1.82, 2.24) is 15.1 Å². The first kappa shape index (κ1) is 20.6. The number of furan rings is 1. The molecule has 0 spiro atoms. The first-order valence-corrected chi connectivity index (χ1v) is 10.4. The highest BCUT2D eigenvalue weighted by atomic mass is 19.1. The second kappa shape index (κ2) is 8.58. The number of hydrogen-bond acceptors (Lipinski definition) is 4. The number of likely N-dealkylation sites (N-methyl/N-ethyl adjacent to an activating group) is 1. The second-order valence-corrected chi connectivity index (χ2v) is 8.20. The third kappa shape index (κ3) is 4.40. The summed E-state index contributed by atoms with van der Waals surface area (Å²) in [5.41, 5.74) is 3.29. The van der Waals surface area contributed by atoms with Gasteiger partial charge in [0, 0.05) is 49.2 Å². The molecule has 4 rings (SSSR count). The lowest BCUT2D eigenvalue weighted by Gasteiger charge is -2.32. The van der Waals surface area contributed by atoms with E-state index in [0.717, 1.165) is 43.7 Å². The van der Waals surface area contributed by atoms with E-state index < -0.39 is 0 Å². The van der Waals surface area contributed by atoms with Crippen molar-refractivity contribution < 1.29 is 13.6 Å². The number of amides is 1. The lowest BCUT2D eigenvalue weighted by molar-refractivity contribution is 0.0935. The summed E-state index contributed by atoms with van der Waals surface area (Å²) in [7, 11) is 2.15. The van der Waals surface area contributed by atoms with E-state index in [1.54, 1.807) is 6.07 Å². The number of nitrogens with zero attached hydrogens (tertiary/aromatic N) is 2. The van der Waals surface area contributed by atoms with Crippen LogP contribution < -0.4 is 5.32 Å². The normalized spacial score (nSPS) is 16.7. The van der Waals surface area contributed by atoms with Gasteiger partial charge in [0.2, 0.25) is 0 Å². The van der Waals surface area contributed by atoms with Gasteiger partial charge in [-0.05, 0) is 56.8 Å². The van der Waals surface area contributed by atoms with Gasteiger partial charge >= 0.3 is 0 Å². The van der Waals surface area contributed by atoms with Crippen LogP contribution in [0.2, 0.25) is 0 Å². The van der Waals surface area contributed by atoms with Gasteiger partial charge in [-0.1, -0.05) is 12.1 Å². The minimum absolute atomic E-state index is 0.153. The van der Waals surface area contributed by atoms with Crippen LogP contribution in [0.3, 0.4) is 0 Å². The minimum atomic E-state index is -0.321. The number of carbonyl (C=O) groups excluding carboxylic acids is 1. The molecule has 5 nitrogen and oxygen atoms in total. The Morgan fingerprint density at radius 3 is 2.53 bits per heavy atom. The Morgan fingerprint density at radius 1 is 1.13 bits per heavy atom. The van der Waals surface area contributed by atoms with Crippen molar-refractivity contribution in [2.24, 2.45) is 0 Å². The van der Waals surface area contributed by atoms with E-state index in [4.69, 9.17) is 4.42 Å². The van der Waals surface area contributed by atoms with Gasteiger partial charge in [0.05, 0.1) is 6.04 Å². The van der Waals surface area contributed by atoms with Crippen LogP contribution in [-0.2, 0) is 6.54 Å². The summed E-state index contributed by atoms with van der Waals surface area (Å²) in [6.07, 6.45) is 0. The summed E-state index contributed by atoms with van der Waals surface area (Å²) in [6.45, 7) is 8.98. The molecular weight excluding hydrogens is 381 g/mol. The number of carbonyl (C=O) groups is 1. The largest absolute Gasteiger partial charge is 0.459 e. The Hall–Kier alpha value is -2.70. The van der Waals surface area contributed by atoms with Gasteiger partial charge in [0.1, 0.15) is 17.2 Å². The van der Waals surface area contributed by atoms with Crippen molar-refractivity contribution in [3.8, 4) is 0 Å². The van der Waals surface area contributed by atoms with Gasteiger partial charge in [-0.3, -0.25) is 9.69 Å². The zero-order valence-corrected chi connectivity index (χ0v) is 17.7. The third-order valence-electron chi connectivity index (χ3n) is 5.89. The molecule has 0 bridgehead atoms. The van der Waals surface area contributed by atoms with E-state index in [-0.39, 0.29) is 17.8 Å². The van der Waals surface area contributed by atoms with Crippen molar-refractivity contribution in [3.05, 3.63) is 70.7 Å². The molecule has 1 amide bonds. The van der Waals surface area contributed by atoms with Crippen molar-refractivity contribution in [1.29, 1.82) is 0 Å². The van der Waals surface area contributed by atoms with Crippen LogP contribution in [0.4, 0.5) is 4.39 Å². The quantitative estimate of drug-likeness (QED) is 0.689. The summed E-state index contributed by atoms with van der Waals surface area (Å²) < 4.78 is 19.4. The van der Waals surface area contributed by atoms with Crippen molar-refractivity contribution in [3.63, 3.8) is 0 Å².